The monoisotopic (exact) mass is 272 g/mol. The molecule has 0 spiro atoms. The van der Waals surface area contributed by atoms with E-state index in [9.17, 15) is 4.79 Å². The summed E-state index contributed by atoms with van der Waals surface area (Å²) in [5.41, 5.74) is -0.456. The summed E-state index contributed by atoms with van der Waals surface area (Å²) in [5.74, 6) is 0.530. The molecule has 0 bridgehead atoms. The van der Waals surface area contributed by atoms with Gasteiger partial charge in [-0.1, -0.05) is 0 Å². The summed E-state index contributed by atoms with van der Waals surface area (Å²) < 4.78 is 10.8. The Hall–Kier alpha value is -0.810. The first kappa shape index (κ1) is 16.2. The zero-order chi connectivity index (χ0) is 14.3. The van der Waals surface area contributed by atoms with Crippen molar-refractivity contribution in [2.75, 3.05) is 26.8 Å². The van der Waals surface area contributed by atoms with E-state index < -0.39 is 5.60 Å². The number of carbonyl (C=O) groups is 1. The van der Waals surface area contributed by atoms with Gasteiger partial charge in [-0.25, -0.2) is 4.79 Å². The van der Waals surface area contributed by atoms with Crippen molar-refractivity contribution in [2.45, 2.75) is 51.7 Å². The van der Waals surface area contributed by atoms with E-state index in [4.69, 9.17) is 9.47 Å². The Balaban J connectivity index is 2.40. The highest BCUT2D eigenvalue weighted by Gasteiger charge is 2.23. The fraction of sp³-hybridized carbons (Fsp3) is 0.929. The van der Waals surface area contributed by atoms with Crippen molar-refractivity contribution < 1.29 is 14.3 Å². The number of ether oxygens (including phenoxy) is 2. The number of carbonyl (C=O) groups excluding carboxylic acids is 1. The Morgan fingerprint density at radius 2 is 2.21 bits per heavy atom. The number of rotatable bonds is 5. The van der Waals surface area contributed by atoms with Crippen molar-refractivity contribution in [3.63, 3.8) is 0 Å². The molecule has 19 heavy (non-hydrogen) atoms. The van der Waals surface area contributed by atoms with Gasteiger partial charge < -0.3 is 20.1 Å². The molecule has 1 aliphatic heterocycles. The number of amides is 1. The Labute approximate surface area is 116 Å². The topological polar surface area (TPSA) is 59.6 Å². The lowest BCUT2D eigenvalue weighted by atomic mass is 9.94. The molecule has 0 aliphatic carbocycles. The van der Waals surface area contributed by atoms with Gasteiger partial charge in [0.05, 0.1) is 0 Å². The standard InChI is InChI=1S/C14H28N2O3/c1-14(2,3)19-13(17)16-12(9-15-4)8-11-6-5-7-18-10-11/h11-12,15H,5-10H2,1-4H3,(H,16,17)/t11-,12-/m0/s1. The van der Waals surface area contributed by atoms with E-state index in [1.54, 1.807) is 0 Å². The minimum absolute atomic E-state index is 0.0894. The molecule has 0 radical (unpaired) electrons. The molecule has 0 aromatic heterocycles. The lowest BCUT2D eigenvalue weighted by molar-refractivity contribution is 0.0389. The molecule has 112 valence electrons. The first-order valence-corrected chi connectivity index (χ1v) is 7.12. The molecule has 5 heteroatoms. The smallest absolute Gasteiger partial charge is 0.407 e. The second-order valence-corrected chi connectivity index (χ2v) is 6.22. The van der Waals surface area contributed by atoms with E-state index in [0.717, 1.165) is 32.6 Å². The maximum absolute atomic E-state index is 11.8. The summed E-state index contributed by atoms with van der Waals surface area (Å²) in [6.45, 7) is 8.02. The number of hydrogen-bond donors (Lipinski definition) is 2. The molecule has 0 saturated carbocycles. The minimum atomic E-state index is -0.456. The van der Waals surface area contributed by atoms with Gasteiger partial charge >= 0.3 is 6.09 Å². The molecule has 0 aromatic rings. The highest BCUT2D eigenvalue weighted by Crippen LogP contribution is 2.19. The van der Waals surface area contributed by atoms with E-state index >= 15 is 0 Å². The minimum Gasteiger partial charge on any atom is -0.444 e. The third kappa shape index (κ3) is 7.38. The van der Waals surface area contributed by atoms with Crippen molar-refractivity contribution in [1.82, 2.24) is 10.6 Å². The number of alkyl carbamates (subject to hydrolysis) is 1. The predicted molar refractivity (Wildman–Crippen MR) is 75.2 cm³/mol. The normalized spacial score (nSPS) is 21.8. The van der Waals surface area contributed by atoms with Gasteiger partial charge in [-0.2, -0.15) is 0 Å². The van der Waals surface area contributed by atoms with Crippen LogP contribution in [0.1, 0.15) is 40.0 Å². The van der Waals surface area contributed by atoms with Gasteiger partial charge in [0.25, 0.3) is 0 Å². The average molecular weight is 272 g/mol. The molecule has 5 nitrogen and oxygen atoms in total. The molecule has 1 aliphatic rings. The lowest BCUT2D eigenvalue weighted by Gasteiger charge is -2.28. The summed E-state index contributed by atoms with van der Waals surface area (Å²) in [5, 5.41) is 6.06. The molecule has 1 saturated heterocycles. The lowest BCUT2D eigenvalue weighted by Crippen LogP contribution is -2.45. The second kappa shape index (κ2) is 7.70. The molecule has 1 heterocycles. The van der Waals surface area contributed by atoms with Crippen molar-refractivity contribution in [2.24, 2.45) is 5.92 Å². The summed E-state index contributed by atoms with van der Waals surface area (Å²) in [6.07, 6.45) is 2.88. The van der Waals surface area contributed by atoms with E-state index in [0.29, 0.717) is 5.92 Å². The molecular weight excluding hydrogens is 244 g/mol. The van der Waals surface area contributed by atoms with E-state index in [-0.39, 0.29) is 12.1 Å². The summed E-state index contributed by atoms with van der Waals surface area (Å²) in [6, 6.07) is 0.0894. The van der Waals surface area contributed by atoms with Crippen LogP contribution >= 0.6 is 0 Å². The van der Waals surface area contributed by atoms with Gasteiger partial charge in [-0.05, 0) is 53.0 Å². The van der Waals surface area contributed by atoms with Crippen LogP contribution in [0.3, 0.4) is 0 Å². The maximum atomic E-state index is 11.8. The maximum Gasteiger partial charge on any atom is 0.407 e. The van der Waals surface area contributed by atoms with Crippen molar-refractivity contribution in [3.8, 4) is 0 Å². The molecular formula is C14H28N2O3. The van der Waals surface area contributed by atoms with Gasteiger partial charge in [0.1, 0.15) is 5.60 Å². The van der Waals surface area contributed by atoms with Gasteiger partial charge in [-0.15, -0.1) is 0 Å². The largest absolute Gasteiger partial charge is 0.444 e. The molecule has 1 fully saturated rings. The molecule has 2 N–H and O–H groups in total. The second-order valence-electron chi connectivity index (χ2n) is 6.22. The van der Waals surface area contributed by atoms with Crippen molar-refractivity contribution in [3.05, 3.63) is 0 Å². The Morgan fingerprint density at radius 1 is 1.47 bits per heavy atom. The van der Waals surface area contributed by atoms with Crippen LogP contribution in [0, 0.1) is 5.92 Å². The van der Waals surface area contributed by atoms with Crippen LogP contribution in [0.4, 0.5) is 4.79 Å². The van der Waals surface area contributed by atoms with E-state index in [2.05, 4.69) is 10.6 Å². The summed E-state index contributed by atoms with van der Waals surface area (Å²) in [4.78, 5) is 11.8. The highest BCUT2D eigenvalue weighted by molar-refractivity contribution is 5.68. The van der Waals surface area contributed by atoms with Gasteiger partial charge in [-0.3, -0.25) is 0 Å². The Bertz CT molecular complexity index is 270. The van der Waals surface area contributed by atoms with E-state index in [1.165, 1.54) is 6.42 Å². The van der Waals surface area contributed by atoms with Gasteiger partial charge in [0.15, 0.2) is 0 Å². The average Bonchev–Trinajstić information content (AvgIpc) is 2.27. The molecule has 2 atom stereocenters. The third-order valence-corrected chi connectivity index (χ3v) is 3.04. The summed E-state index contributed by atoms with van der Waals surface area (Å²) in [7, 11) is 1.89. The van der Waals surface area contributed by atoms with Crippen LogP contribution in [-0.4, -0.2) is 44.5 Å². The van der Waals surface area contributed by atoms with Crippen LogP contribution in [0.5, 0.6) is 0 Å². The van der Waals surface area contributed by atoms with Crippen LogP contribution in [-0.2, 0) is 9.47 Å². The molecule has 0 unspecified atom stereocenters. The predicted octanol–water partition coefficient (Wildman–Crippen LogP) is 1.92. The quantitative estimate of drug-likeness (QED) is 0.802. The van der Waals surface area contributed by atoms with Gasteiger partial charge in [0.2, 0.25) is 0 Å². The van der Waals surface area contributed by atoms with Crippen LogP contribution in [0.2, 0.25) is 0 Å². The van der Waals surface area contributed by atoms with Crippen molar-refractivity contribution in [1.29, 1.82) is 0 Å². The zero-order valence-electron chi connectivity index (χ0n) is 12.6. The fourth-order valence-electron chi connectivity index (χ4n) is 2.31. The van der Waals surface area contributed by atoms with Crippen LogP contribution in [0.25, 0.3) is 0 Å². The number of nitrogens with one attached hydrogen (secondary N) is 2. The first-order valence-electron chi connectivity index (χ1n) is 7.12. The molecule has 1 amide bonds. The first-order chi connectivity index (χ1) is 8.90. The third-order valence-electron chi connectivity index (χ3n) is 3.04. The van der Waals surface area contributed by atoms with Crippen LogP contribution < -0.4 is 10.6 Å². The van der Waals surface area contributed by atoms with E-state index in [1.807, 2.05) is 27.8 Å². The van der Waals surface area contributed by atoms with Gasteiger partial charge in [0, 0.05) is 25.8 Å². The number of hydrogen-bond acceptors (Lipinski definition) is 4. The van der Waals surface area contributed by atoms with Crippen molar-refractivity contribution >= 4 is 6.09 Å². The molecule has 0 aromatic carbocycles. The fourth-order valence-corrected chi connectivity index (χ4v) is 2.31. The number of likely N-dealkylation sites (N-methyl/N-ethyl adjacent to an activating group) is 1. The summed E-state index contributed by atoms with van der Waals surface area (Å²) >= 11 is 0. The zero-order valence-corrected chi connectivity index (χ0v) is 12.6. The van der Waals surface area contributed by atoms with Crippen LogP contribution in [0.15, 0.2) is 0 Å². The Morgan fingerprint density at radius 3 is 2.74 bits per heavy atom. The molecule has 1 rings (SSSR count). The SMILES string of the molecule is CNC[C@H](C[C@@H]1CCCOC1)NC(=O)OC(C)(C)C. The Kier molecular flexibility index (Phi) is 6.58. The highest BCUT2D eigenvalue weighted by atomic mass is 16.6.